The van der Waals surface area contributed by atoms with E-state index in [0.29, 0.717) is 6.54 Å². The standard InChI is InChI=1S/C11H21N5O4/c17-9(14-8-10(18)19)7-15-11(20)13-3-6-16-4-1-12-2-5-16/h12H,1-8H2,(H,14,17)(H,18,19)(H2,13,15,20). The Hall–Kier alpha value is -1.87. The molecule has 0 bridgehead atoms. The van der Waals surface area contributed by atoms with Gasteiger partial charge in [0.25, 0.3) is 0 Å². The molecule has 0 atom stereocenters. The van der Waals surface area contributed by atoms with Crippen molar-refractivity contribution < 1.29 is 19.5 Å². The average Bonchev–Trinajstić information content (AvgIpc) is 2.44. The van der Waals surface area contributed by atoms with Crippen molar-refractivity contribution in [2.24, 2.45) is 0 Å². The van der Waals surface area contributed by atoms with Crippen LogP contribution in [0.3, 0.4) is 0 Å². The van der Waals surface area contributed by atoms with Gasteiger partial charge in [0.1, 0.15) is 6.54 Å². The van der Waals surface area contributed by atoms with Crippen LogP contribution in [0.25, 0.3) is 0 Å². The van der Waals surface area contributed by atoms with E-state index in [1.807, 2.05) is 0 Å². The predicted octanol–water partition coefficient (Wildman–Crippen LogP) is -2.61. The number of carboxylic acid groups (broad SMARTS) is 1. The zero-order valence-corrected chi connectivity index (χ0v) is 11.3. The van der Waals surface area contributed by atoms with Crippen LogP contribution < -0.4 is 21.3 Å². The highest BCUT2D eigenvalue weighted by atomic mass is 16.4. The predicted molar refractivity (Wildman–Crippen MR) is 71.4 cm³/mol. The molecule has 3 amide bonds. The molecule has 0 aromatic rings. The molecule has 0 unspecified atom stereocenters. The molecule has 9 nitrogen and oxygen atoms in total. The summed E-state index contributed by atoms with van der Waals surface area (Å²) in [6, 6.07) is -0.439. The van der Waals surface area contributed by atoms with Crippen molar-refractivity contribution in [2.45, 2.75) is 0 Å². The minimum absolute atomic E-state index is 0.243. The van der Waals surface area contributed by atoms with E-state index in [9.17, 15) is 14.4 Å². The molecule has 0 aromatic carbocycles. The average molecular weight is 287 g/mol. The van der Waals surface area contributed by atoms with Crippen LogP contribution in [0, 0.1) is 0 Å². The van der Waals surface area contributed by atoms with E-state index in [4.69, 9.17) is 5.11 Å². The summed E-state index contributed by atoms with van der Waals surface area (Å²) in [5, 5.41) is 18.7. The van der Waals surface area contributed by atoms with Gasteiger partial charge in [-0.05, 0) is 0 Å². The number of nitrogens with zero attached hydrogens (tertiary/aromatic N) is 1. The monoisotopic (exact) mass is 287 g/mol. The van der Waals surface area contributed by atoms with E-state index in [2.05, 4.69) is 26.2 Å². The molecule has 1 heterocycles. The number of urea groups is 1. The first kappa shape index (κ1) is 16.2. The van der Waals surface area contributed by atoms with E-state index in [1.165, 1.54) is 0 Å². The number of aliphatic carboxylic acids is 1. The Bertz CT molecular complexity index is 344. The second-order valence-electron chi connectivity index (χ2n) is 4.37. The highest BCUT2D eigenvalue weighted by Crippen LogP contribution is 1.89. The minimum atomic E-state index is -1.13. The molecule has 1 saturated heterocycles. The maximum absolute atomic E-state index is 11.4. The Morgan fingerprint density at radius 2 is 1.75 bits per heavy atom. The summed E-state index contributed by atoms with van der Waals surface area (Å²) in [5.74, 6) is -1.66. The molecule has 0 saturated carbocycles. The van der Waals surface area contributed by atoms with Gasteiger partial charge in [-0.2, -0.15) is 0 Å². The minimum Gasteiger partial charge on any atom is -0.480 e. The quantitative estimate of drug-likeness (QED) is 0.350. The van der Waals surface area contributed by atoms with Gasteiger partial charge in [-0.25, -0.2) is 4.79 Å². The van der Waals surface area contributed by atoms with E-state index >= 15 is 0 Å². The van der Waals surface area contributed by atoms with Crippen molar-refractivity contribution in [1.82, 2.24) is 26.2 Å². The van der Waals surface area contributed by atoms with Crippen molar-refractivity contribution in [1.29, 1.82) is 0 Å². The van der Waals surface area contributed by atoms with Crippen molar-refractivity contribution in [3.05, 3.63) is 0 Å². The van der Waals surface area contributed by atoms with Crippen molar-refractivity contribution in [3.63, 3.8) is 0 Å². The van der Waals surface area contributed by atoms with E-state index < -0.39 is 24.5 Å². The van der Waals surface area contributed by atoms with Gasteiger partial charge >= 0.3 is 12.0 Å². The van der Waals surface area contributed by atoms with Gasteiger partial charge in [0, 0.05) is 39.3 Å². The summed E-state index contributed by atoms with van der Waals surface area (Å²) in [6.45, 7) is 4.40. The largest absolute Gasteiger partial charge is 0.480 e. The third kappa shape index (κ3) is 7.54. The first-order valence-electron chi connectivity index (χ1n) is 6.51. The Morgan fingerprint density at radius 3 is 2.40 bits per heavy atom. The van der Waals surface area contributed by atoms with Gasteiger partial charge in [0.15, 0.2) is 0 Å². The molecule has 20 heavy (non-hydrogen) atoms. The molecule has 0 aromatic heterocycles. The van der Waals surface area contributed by atoms with Gasteiger partial charge in [-0.1, -0.05) is 0 Å². The summed E-state index contributed by atoms with van der Waals surface area (Å²) < 4.78 is 0. The van der Waals surface area contributed by atoms with Crippen LogP contribution in [0.5, 0.6) is 0 Å². The number of rotatable bonds is 7. The topological polar surface area (TPSA) is 123 Å². The van der Waals surface area contributed by atoms with Crippen LogP contribution in [0.2, 0.25) is 0 Å². The van der Waals surface area contributed by atoms with Crippen LogP contribution in [-0.2, 0) is 9.59 Å². The lowest BCUT2D eigenvalue weighted by atomic mass is 10.3. The highest BCUT2D eigenvalue weighted by Gasteiger charge is 2.10. The summed E-state index contributed by atoms with van der Waals surface area (Å²) in [4.78, 5) is 35.0. The SMILES string of the molecule is O=C(O)CNC(=O)CNC(=O)NCCN1CCNCC1. The Morgan fingerprint density at radius 1 is 1.05 bits per heavy atom. The second-order valence-corrected chi connectivity index (χ2v) is 4.37. The van der Waals surface area contributed by atoms with E-state index in [1.54, 1.807) is 0 Å². The molecule has 9 heteroatoms. The van der Waals surface area contributed by atoms with Gasteiger partial charge < -0.3 is 26.4 Å². The first-order valence-corrected chi connectivity index (χ1v) is 6.51. The molecule has 1 aliphatic heterocycles. The Kier molecular flexibility index (Phi) is 7.36. The van der Waals surface area contributed by atoms with Crippen molar-refractivity contribution in [2.75, 3.05) is 52.4 Å². The molecule has 1 rings (SSSR count). The van der Waals surface area contributed by atoms with Gasteiger partial charge in [-0.15, -0.1) is 0 Å². The lowest BCUT2D eigenvalue weighted by Crippen LogP contribution is -2.48. The smallest absolute Gasteiger partial charge is 0.322 e. The zero-order valence-electron chi connectivity index (χ0n) is 11.3. The highest BCUT2D eigenvalue weighted by molar-refractivity contribution is 5.86. The number of carbonyl (C=O) groups is 3. The van der Waals surface area contributed by atoms with Gasteiger partial charge in [-0.3, -0.25) is 14.5 Å². The van der Waals surface area contributed by atoms with Crippen molar-refractivity contribution >= 4 is 17.9 Å². The number of piperazine rings is 1. The summed E-state index contributed by atoms with van der Waals surface area (Å²) in [7, 11) is 0. The number of hydrogen-bond donors (Lipinski definition) is 5. The van der Waals surface area contributed by atoms with E-state index in [-0.39, 0.29) is 6.54 Å². The van der Waals surface area contributed by atoms with Crippen LogP contribution >= 0.6 is 0 Å². The summed E-state index contributed by atoms with van der Waals surface area (Å²) in [5.41, 5.74) is 0. The fourth-order valence-corrected chi connectivity index (χ4v) is 1.72. The summed E-state index contributed by atoms with van der Waals surface area (Å²) in [6.07, 6.45) is 0. The molecular weight excluding hydrogens is 266 g/mol. The molecular formula is C11H21N5O4. The fraction of sp³-hybridized carbons (Fsp3) is 0.727. The molecule has 0 aliphatic carbocycles. The van der Waals surface area contributed by atoms with Gasteiger partial charge in [0.2, 0.25) is 5.91 Å². The summed E-state index contributed by atoms with van der Waals surface area (Å²) >= 11 is 0. The zero-order chi connectivity index (χ0) is 14.8. The number of carbonyl (C=O) groups excluding carboxylic acids is 2. The third-order valence-corrected chi connectivity index (χ3v) is 2.77. The Labute approximate surface area is 117 Å². The molecule has 114 valence electrons. The maximum Gasteiger partial charge on any atom is 0.322 e. The lowest BCUT2D eigenvalue weighted by molar-refractivity contribution is -0.137. The van der Waals surface area contributed by atoms with E-state index in [0.717, 1.165) is 32.7 Å². The molecule has 0 spiro atoms. The molecule has 5 N–H and O–H groups in total. The second kappa shape index (κ2) is 9.10. The maximum atomic E-state index is 11.4. The number of carboxylic acids is 1. The van der Waals surface area contributed by atoms with Gasteiger partial charge in [0.05, 0.1) is 6.54 Å². The fourth-order valence-electron chi connectivity index (χ4n) is 1.72. The molecule has 1 aliphatic rings. The van der Waals surface area contributed by atoms with Crippen LogP contribution in [0.1, 0.15) is 0 Å². The first-order chi connectivity index (χ1) is 9.58. The third-order valence-electron chi connectivity index (χ3n) is 2.77. The number of nitrogens with one attached hydrogen (secondary N) is 4. The molecule has 0 radical (unpaired) electrons. The van der Waals surface area contributed by atoms with Crippen LogP contribution in [0.15, 0.2) is 0 Å². The Balaban J connectivity index is 2.02. The number of amides is 3. The van der Waals surface area contributed by atoms with Crippen LogP contribution in [0.4, 0.5) is 4.79 Å². The molecule has 1 fully saturated rings. The normalized spacial score (nSPS) is 15.4. The van der Waals surface area contributed by atoms with Crippen LogP contribution in [-0.4, -0.2) is 80.3 Å². The van der Waals surface area contributed by atoms with Crippen molar-refractivity contribution in [3.8, 4) is 0 Å². The lowest BCUT2D eigenvalue weighted by Gasteiger charge is -2.27. The number of hydrogen-bond acceptors (Lipinski definition) is 5.